The minimum atomic E-state index is -0.600. The zero-order chi connectivity index (χ0) is 9.14. The summed E-state index contributed by atoms with van der Waals surface area (Å²) in [6, 6.07) is 0. The molecule has 0 aromatic carbocycles. The van der Waals surface area contributed by atoms with Gasteiger partial charge in [-0.2, -0.15) is 0 Å². The van der Waals surface area contributed by atoms with Gasteiger partial charge in [0, 0.05) is 0 Å². The summed E-state index contributed by atoms with van der Waals surface area (Å²) in [6.45, 7) is 4.46. The van der Waals surface area contributed by atoms with Crippen molar-refractivity contribution in [3.05, 3.63) is 0 Å². The number of hydrogen-bond acceptors (Lipinski definition) is 1. The molecule has 0 aromatic rings. The molecular formula is C10H19NaO2. The van der Waals surface area contributed by atoms with Crippen LogP contribution in [0.4, 0.5) is 0 Å². The van der Waals surface area contributed by atoms with Gasteiger partial charge < -0.3 is 5.11 Å². The van der Waals surface area contributed by atoms with Crippen molar-refractivity contribution in [3.8, 4) is 0 Å². The third-order valence-corrected chi connectivity index (χ3v) is 3.06. The van der Waals surface area contributed by atoms with E-state index in [2.05, 4.69) is 13.8 Å². The number of carboxylic acid groups (broad SMARTS) is 1. The van der Waals surface area contributed by atoms with Gasteiger partial charge in [-0.05, 0) is 37.5 Å². The molecule has 0 radical (unpaired) electrons. The second-order valence-electron chi connectivity index (χ2n) is 4.19. The zero-order valence-corrected chi connectivity index (χ0v) is 7.92. The van der Waals surface area contributed by atoms with E-state index in [4.69, 9.17) is 5.11 Å². The molecule has 0 heterocycles. The van der Waals surface area contributed by atoms with Crippen molar-refractivity contribution in [2.45, 2.75) is 39.5 Å². The monoisotopic (exact) mass is 194 g/mol. The van der Waals surface area contributed by atoms with Gasteiger partial charge in [0.05, 0.1) is 5.92 Å². The van der Waals surface area contributed by atoms with Crippen LogP contribution >= 0.6 is 0 Å². The summed E-state index contributed by atoms with van der Waals surface area (Å²) in [4.78, 5) is 10.6. The van der Waals surface area contributed by atoms with E-state index in [1.165, 1.54) is 0 Å². The standard InChI is InChI=1S/C10H18O2.Na.H/c1-7(2)8-3-5-9(6-4-8)10(11)12;;/h7-9H,3-6H2,1-2H3,(H,11,12);;. The number of rotatable bonds is 2. The molecule has 3 heteroatoms. The fourth-order valence-electron chi connectivity index (χ4n) is 2.03. The molecule has 0 amide bonds. The van der Waals surface area contributed by atoms with Crippen LogP contribution in [0.5, 0.6) is 0 Å². The first-order valence-corrected chi connectivity index (χ1v) is 4.84. The van der Waals surface area contributed by atoms with E-state index in [9.17, 15) is 4.79 Å². The van der Waals surface area contributed by atoms with E-state index >= 15 is 0 Å². The van der Waals surface area contributed by atoms with E-state index in [1.807, 2.05) is 0 Å². The van der Waals surface area contributed by atoms with Crippen molar-refractivity contribution in [1.29, 1.82) is 0 Å². The van der Waals surface area contributed by atoms with E-state index in [0.717, 1.165) is 37.5 Å². The molecule has 1 rings (SSSR count). The molecule has 0 aromatic heterocycles. The normalized spacial score (nSPS) is 28.2. The van der Waals surface area contributed by atoms with Gasteiger partial charge in [0.2, 0.25) is 0 Å². The Hall–Kier alpha value is 0.470. The van der Waals surface area contributed by atoms with Crippen LogP contribution in [-0.2, 0) is 4.79 Å². The fraction of sp³-hybridized carbons (Fsp3) is 0.900. The minimum absolute atomic E-state index is 0. The van der Waals surface area contributed by atoms with Crippen molar-refractivity contribution in [3.63, 3.8) is 0 Å². The molecular weight excluding hydrogens is 175 g/mol. The van der Waals surface area contributed by atoms with Crippen molar-refractivity contribution in [2.75, 3.05) is 0 Å². The Morgan fingerprint density at radius 2 is 1.69 bits per heavy atom. The van der Waals surface area contributed by atoms with Gasteiger partial charge in [0.1, 0.15) is 0 Å². The summed E-state index contributed by atoms with van der Waals surface area (Å²) in [5, 5.41) is 8.76. The number of hydrogen-bond donors (Lipinski definition) is 1. The molecule has 2 nitrogen and oxygen atoms in total. The Morgan fingerprint density at radius 3 is 2.00 bits per heavy atom. The summed E-state index contributed by atoms with van der Waals surface area (Å²) < 4.78 is 0. The summed E-state index contributed by atoms with van der Waals surface area (Å²) in [5.41, 5.74) is 0. The number of carboxylic acids is 1. The van der Waals surface area contributed by atoms with Gasteiger partial charge in [-0.25, -0.2) is 0 Å². The van der Waals surface area contributed by atoms with Gasteiger partial charge in [-0.3, -0.25) is 4.79 Å². The van der Waals surface area contributed by atoms with Crippen LogP contribution in [-0.4, -0.2) is 40.6 Å². The van der Waals surface area contributed by atoms with Crippen LogP contribution in [0.15, 0.2) is 0 Å². The molecule has 1 fully saturated rings. The number of aliphatic carboxylic acids is 1. The summed E-state index contributed by atoms with van der Waals surface area (Å²) >= 11 is 0. The average Bonchev–Trinajstić information content (AvgIpc) is 2.04. The van der Waals surface area contributed by atoms with Crippen LogP contribution in [0.25, 0.3) is 0 Å². The third-order valence-electron chi connectivity index (χ3n) is 3.06. The molecule has 0 unspecified atom stereocenters. The van der Waals surface area contributed by atoms with Crippen LogP contribution in [0, 0.1) is 17.8 Å². The van der Waals surface area contributed by atoms with E-state index in [-0.39, 0.29) is 35.5 Å². The first-order chi connectivity index (χ1) is 5.61. The maximum absolute atomic E-state index is 10.6. The molecule has 13 heavy (non-hydrogen) atoms. The Kier molecular flexibility index (Phi) is 6.27. The Bertz CT molecular complexity index is 160. The molecule has 1 N–H and O–H groups in total. The Labute approximate surface area is 102 Å². The molecule has 0 atom stereocenters. The second kappa shape index (κ2) is 6.05. The molecule has 0 bridgehead atoms. The summed E-state index contributed by atoms with van der Waals surface area (Å²) in [5.74, 6) is 0.831. The van der Waals surface area contributed by atoms with E-state index in [1.54, 1.807) is 0 Å². The van der Waals surface area contributed by atoms with Gasteiger partial charge in [0.25, 0.3) is 0 Å². The summed E-state index contributed by atoms with van der Waals surface area (Å²) in [6.07, 6.45) is 3.99. The van der Waals surface area contributed by atoms with Crippen LogP contribution in [0.1, 0.15) is 39.5 Å². The van der Waals surface area contributed by atoms with Crippen molar-refractivity contribution < 1.29 is 9.90 Å². The third kappa shape index (κ3) is 4.01. The molecule has 72 valence electrons. The summed E-state index contributed by atoms with van der Waals surface area (Å²) in [7, 11) is 0. The molecule has 0 spiro atoms. The van der Waals surface area contributed by atoms with Crippen molar-refractivity contribution >= 4 is 35.5 Å². The second-order valence-corrected chi connectivity index (χ2v) is 4.19. The first-order valence-electron chi connectivity index (χ1n) is 4.84. The molecule has 0 saturated heterocycles. The topological polar surface area (TPSA) is 37.3 Å². The van der Waals surface area contributed by atoms with Gasteiger partial charge in [-0.15, -0.1) is 0 Å². The zero-order valence-electron chi connectivity index (χ0n) is 7.92. The molecule has 0 aliphatic heterocycles. The first kappa shape index (κ1) is 13.5. The van der Waals surface area contributed by atoms with Crippen LogP contribution in [0.3, 0.4) is 0 Å². The molecule has 1 aliphatic rings. The molecule has 1 aliphatic carbocycles. The predicted octanol–water partition coefficient (Wildman–Crippen LogP) is 1.88. The van der Waals surface area contributed by atoms with Gasteiger partial charge in [0.15, 0.2) is 0 Å². The Morgan fingerprint density at radius 1 is 1.23 bits per heavy atom. The maximum atomic E-state index is 10.6. The van der Waals surface area contributed by atoms with E-state index in [0.29, 0.717) is 0 Å². The Balaban J connectivity index is 0.00000144. The average molecular weight is 194 g/mol. The number of carbonyl (C=O) groups is 1. The fourth-order valence-corrected chi connectivity index (χ4v) is 2.03. The van der Waals surface area contributed by atoms with Gasteiger partial charge in [-0.1, -0.05) is 13.8 Å². The molecule has 1 saturated carbocycles. The van der Waals surface area contributed by atoms with Crippen molar-refractivity contribution in [1.82, 2.24) is 0 Å². The predicted molar refractivity (Wildman–Crippen MR) is 55.1 cm³/mol. The van der Waals surface area contributed by atoms with Gasteiger partial charge >= 0.3 is 35.5 Å². The van der Waals surface area contributed by atoms with Crippen LogP contribution in [0.2, 0.25) is 0 Å². The quantitative estimate of drug-likeness (QED) is 0.681. The van der Waals surface area contributed by atoms with Crippen molar-refractivity contribution in [2.24, 2.45) is 17.8 Å². The SMILES string of the molecule is CC(C)C1CCC(C(=O)O)CC1.[NaH]. The van der Waals surface area contributed by atoms with E-state index < -0.39 is 5.97 Å². The van der Waals surface area contributed by atoms with Crippen LogP contribution < -0.4 is 0 Å².